The molecule has 0 aliphatic rings. The van der Waals surface area contributed by atoms with Gasteiger partial charge in [-0.1, -0.05) is 6.07 Å². The average Bonchev–Trinajstić information content (AvgIpc) is 2.62. The summed E-state index contributed by atoms with van der Waals surface area (Å²) in [6.45, 7) is 1.63. The van der Waals surface area contributed by atoms with Crippen LogP contribution in [0.1, 0.15) is 26.3 Å². The standard InChI is InChI=1S/C16H13N3O7/c1-9-3-4-12(18(22)23)8-14(9)17-15(20)10-5-11(16(21)26-2)7-13(6-10)19(24)25/h3-8H,1-2H3,(H,17,20). The van der Waals surface area contributed by atoms with Gasteiger partial charge in [-0.3, -0.25) is 25.0 Å². The molecule has 2 aromatic rings. The van der Waals surface area contributed by atoms with Gasteiger partial charge in [0.2, 0.25) is 0 Å². The fourth-order valence-corrected chi connectivity index (χ4v) is 2.14. The van der Waals surface area contributed by atoms with Gasteiger partial charge in [0.05, 0.1) is 28.2 Å². The van der Waals surface area contributed by atoms with E-state index in [-0.39, 0.29) is 22.5 Å². The van der Waals surface area contributed by atoms with E-state index in [1.54, 1.807) is 6.92 Å². The molecular weight excluding hydrogens is 346 g/mol. The number of nitrogens with zero attached hydrogens (tertiary/aromatic N) is 2. The van der Waals surface area contributed by atoms with Crippen LogP contribution in [0.25, 0.3) is 0 Å². The highest BCUT2D eigenvalue weighted by atomic mass is 16.6. The van der Waals surface area contributed by atoms with Gasteiger partial charge in [-0.2, -0.15) is 0 Å². The number of benzene rings is 2. The summed E-state index contributed by atoms with van der Waals surface area (Å²) in [5.41, 5.74) is -0.278. The number of methoxy groups -OCH3 is 1. The molecule has 2 aromatic carbocycles. The van der Waals surface area contributed by atoms with E-state index in [1.807, 2.05) is 0 Å². The predicted molar refractivity (Wildman–Crippen MR) is 90.2 cm³/mol. The van der Waals surface area contributed by atoms with E-state index in [4.69, 9.17) is 0 Å². The number of ether oxygens (including phenoxy) is 1. The number of hydrogen-bond acceptors (Lipinski definition) is 7. The normalized spacial score (nSPS) is 10.1. The van der Waals surface area contributed by atoms with Gasteiger partial charge in [-0.15, -0.1) is 0 Å². The van der Waals surface area contributed by atoms with Crippen LogP contribution in [0.4, 0.5) is 17.1 Å². The Morgan fingerprint density at radius 2 is 1.58 bits per heavy atom. The van der Waals surface area contributed by atoms with E-state index in [0.717, 1.165) is 25.3 Å². The third-order valence-corrected chi connectivity index (χ3v) is 3.49. The average molecular weight is 359 g/mol. The van der Waals surface area contributed by atoms with Crippen molar-refractivity contribution < 1.29 is 24.2 Å². The van der Waals surface area contributed by atoms with Crippen molar-refractivity contribution in [2.45, 2.75) is 6.92 Å². The summed E-state index contributed by atoms with van der Waals surface area (Å²) in [6.07, 6.45) is 0. The highest BCUT2D eigenvalue weighted by Crippen LogP contribution is 2.24. The SMILES string of the molecule is COC(=O)c1cc(C(=O)Nc2cc([N+](=O)[O-])ccc2C)cc([N+](=O)[O-])c1. The maximum atomic E-state index is 12.4. The molecule has 1 N–H and O–H groups in total. The Morgan fingerprint density at radius 3 is 2.15 bits per heavy atom. The number of esters is 1. The maximum absolute atomic E-state index is 12.4. The van der Waals surface area contributed by atoms with Crippen molar-refractivity contribution in [3.8, 4) is 0 Å². The summed E-state index contributed by atoms with van der Waals surface area (Å²) in [6, 6.07) is 7.04. The Balaban J connectivity index is 2.42. The van der Waals surface area contributed by atoms with Crippen LogP contribution in [0.5, 0.6) is 0 Å². The summed E-state index contributed by atoms with van der Waals surface area (Å²) in [5, 5.41) is 24.3. The van der Waals surface area contributed by atoms with Crippen LogP contribution in [0.3, 0.4) is 0 Å². The van der Waals surface area contributed by atoms with Crippen molar-refractivity contribution in [1.29, 1.82) is 0 Å². The van der Waals surface area contributed by atoms with E-state index < -0.39 is 27.4 Å². The molecule has 0 heterocycles. The number of hydrogen-bond donors (Lipinski definition) is 1. The van der Waals surface area contributed by atoms with Crippen LogP contribution in [0.2, 0.25) is 0 Å². The molecule has 1 amide bonds. The van der Waals surface area contributed by atoms with Crippen LogP contribution in [0.15, 0.2) is 36.4 Å². The first-order valence-corrected chi connectivity index (χ1v) is 7.17. The molecule has 0 unspecified atom stereocenters. The maximum Gasteiger partial charge on any atom is 0.338 e. The van der Waals surface area contributed by atoms with Crippen molar-refractivity contribution in [3.63, 3.8) is 0 Å². The van der Waals surface area contributed by atoms with Gasteiger partial charge >= 0.3 is 5.97 Å². The zero-order chi connectivity index (χ0) is 19.4. The fraction of sp³-hybridized carbons (Fsp3) is 0.125. The number of nitrogens with one attached hydrogen (secondary N) is 1. The molecule has 0 fully saturated rings. The molecule has 0 atom stereocenters. The van der Waals surface area contributed by atoms with Gasteiger partial charge in [0.1, 0.15) is 0 Å². The second-order valence-corrected chi connectivity index (χ2v) is 5.23. The Bertz CT molecular complexity index is 924. The van der Waals surface area contributed by atoms with Crippen molar-refractivity contribution in [2.24, 2.45) is 0 Å². The van der Waals surface area contributed by atoms with Crippen LogP contribution < -0.4 is 5.32 Å². The van der Waals surface area contributed by atoms with Gasteiger partial charge in [0.25, 0.3) is 17.3 Å². The predicted octanol–water partition coefficient (Wildman–Crippen LogP) is 2.85. The molecule has 10 heteroatoms. The minimum Gasteiger partial charge on any atom is -0.465 e. The third kappa shape index (κ3) is 3.98. The number of aryl methyl sites for hydroxylation is 1. The third-order valence-electron chi connectivity index (χ3n) is 3.49. The minimum atomic E-state index is -0.839. The van der Waals surface area contributed by atoms with Crippen LogP contribution in [-0.4, -0.2) is 28.8 Å². The largest absolute Gasteiger partial charge is 0.465 e. The summed E-state index contributed by atoms with van der Waals surface area (Å²) in [7, 11) is 1.10. The molecule has 2 rings (SSSR count). The smallest absolute Gasteiger partial charge is 0.338 e. The lowest BCUT2D eigenvalue weighted by atomic mass is 10.1. The van der Waals surface area contributed by atoms with Crippen LogP contribution in [-0.2, 0) is 4.74 Å². The number of rotatable bonds is 5. The molecule has 134 valence electrons. The van der Waals surface area contributed by atoms with E-state index in [1.165, 1.54) is 18.2 Å². The van der Waals surface area contributed by atoms with E-state index in [0.29, 0.717) is 5.56 Å². The van der Waals surface area contributed by atoms with Crippen LogP contribution >= 0.6 is 0 Å². The molecule has 0 aliphatic heterocycles. The molecule has 0 aliphatic carbocycles. The Hall–Kier alpha value is -3.82. The number of anilines is 1. The summed E-state index contributed by atoms with van der Waals surface area (Å²) < 4.78 is 4.52. The molecule has 10 nitrogen and oxygen atoms in total. The molecule has 0 aromatic heterocycles. The van der Waals surface area contributed by atoms with Crippen molar-refractivity contribution in [1.82, 2.24) is 0 Å². The zero-order valence-corrected chi connectivity index (χ0v) is 13.7. The number of non-ortho nitro benzene ring substituents is 2. The molecule has 0 radical (unpaired) electrons. The monoisotopic (exact) mass is 359 g/mol. The van der Waals surface area contributed by atoms with Gasteiger partial charge in [0, 0.05) is 29.8 Å². The second-order valence-electron chi connectivity index (χ2n) is 5.23. The molecular formula is C16H13N3O7. The van der Waals surface area contributed by atoms with E-state index >= 15 is 0 Å². The number of nitro benzene ring substituents is 2. The van der Waals surface area contributed by atoms with E-state index in [9.17, 15) is 29.8 Å². The molecule has 26 heavy (non-hydrogen) atoms. The second kappa shape index (κ2) is 7.38. The van der Waals surface area contributed by atoms with Crippen molar-refractivity contribution in [3.05, 3.63) is 73.3 Å². The van der Waals surface area contributed by atoms with Crippen LogP contribution in [0, 0.1) is 27.2 Å². The summed E-state index contributed by atoms with van der Waals surface area (Å²) >= 11 is 0. The first-order valence-electron chi connectivity index (χ1n) is 7.17. The summed E-state index contributed by atoms with van der Waals surface area (Å²) in [5.74, 6) is -1.60. The molecule has 0 bridgehead atoms. The zero-order valence-electron chi connectivity index (χ0n) is 13.7. The lowest BCUT2D eigenvalue weighted by molar-refractivity contribution is -0.385. The lowest BCUT2D eigenvalue weighted by Crippen LogP contribution is -2.15. The highest BCUT2D eigenvalue weighted by molar-refractivity contribution is 6.06. The highest BCUT2D eigenvalue weighted by Gasteiger charge is 2.19. The number of carbonyl (C=O) groups is 2. The lowest BCUT2D eigenvalue weighted by Gasteiger charge is -2.09. The number of amides is 1. The molecule has 0 saturated carbocycles. The van der Waals surface area contributed by atoms with Crippen molar-refractivity contribution >= 4 is 28.9 Å². The van der Waals surface area contributed by atoms with Gasteiger partial charge in [0.15, 0.2) is 0 Å². The van der Waals surface area contributed by atoms with Gasteiger partial charge in [-0.05, 0) is 18.6 Å². The quantitative estimate of drug-likeness (QED) is 0.491. The Morgan fingerprint density at radius 1 is 0.962 bits per heavy atom. The fourth-order valence-electron chi connectivity index (χ4n) is 2.14. The first-order chi connectivity index (χ1) is 12.2. The number of carbonyl (C=O) groups excluding carboxylic acids is 2. The topological polar surface area (TPSA) is 142 Å². The Kier molecular flexibility index (Phi) is 5.26. The minimum absolute atomic E-state index is 0.162. The first kappa shape index (κ1) is 18.5. The van der Waals surface area contributed by atoms with Crippen molar-refractivity contribution in [2.75, 3.05) is 12.4 Å². The van der Waals surface area contributed by atoms with Gasteiger partial charge < -0.3 is 10.1 Å². The Labute approximate surface area is 146 Å². The number of nitro groups is 2. The van der Waals surface area contributed by atoms with Gasteiger partial charge in [-0.25, -0.2) is 4.79 Å². The van der Waals surface area contributed by atoms with E-state index in [2.05, 4.69) is 10.1 Å². The molecule has 0 spiro atoms. The molecule has 0 saturated heterocycles. The summed E-state index contributed by atoms with van der Waals surface area (Å²) in [4.78, 5) is 44.6.